The number of hydrogen-bond donors (Lipinski definition) is 1. The molecular weight excluding hydrogens is 558 g/mol. The van der Waals surface area contributed by atoms with Crippen molar-refractivity contribution < 1.29 is 14.3 Å². The van der Waals surface area contributed by atoms with Crippen molar-refractivity contribution >= 4 is 23.5 Å². The van der Waals surface area contributed by atoms with Crippen LogP contribution in [0.25, 0.3) is 0 Å². The molecule has 0 aliphatic heterocycles. The molecule has 1 saturated carbocycles. The normalized spacial score (nSPS) is 18.0. The first-order valence-electron chi connectivity index (χ1n) is 15.1. The van der Waals surface area contributed by atoms with E-state index in [2.05, 4.69) is 83.0 Å². The highest BCUT2D eigenvalue weighted by Crippen LogP contribution is 2.60. The number of benzene rings is 1. The van der Waals surface area contributed by atoms with Crippen LogP contribution in [0, 0.1) is 29.6 Å². The van der Waals surface area contributed by atoms with Crippen molar-refractivity contribution in [1.82, 2.24) is 15.1 Å². The minimum atomic E-state index is -0.536. The van der Waals surface area contributed by atoms with Gasteiger partial charge in [-0.1, -0.05) is 108 Å². The number of amides is 1. The zero-order chi connectivity index (χ0) is 32.7. The van der Waals surface area contributed by atoms with Crippen molar-refractivity contribution in [3.8, 4) is 12.3 Å². The van der Waals surface area contributed by atoms with Crippen LogP contribution in [0.1, 0.15) is 103 Å². The van der Waals surface area contributed by atoms with E-state index in [1.165, 1.54) is 11.1 Å². The molecule has 1 aliphatic carbocycles. The van der Waals surface area contributed by atoms with Gasteiger partial charge in [0.2, 0.25) is 0 Å². The molecule has 234 valence electrons. The fraction of sp³-hybridized carbons (Fsp3) is 0.528. The lowest BCUT2D eigenvalue weighted by Gasteiger charge is -2.19. The van der Waals surface area contributed by atoms with E-state index in [-0.39, 0.29) is 34.5 Å². The standard InChI is InChI=1S/C18H24ClN3O.C18H26O2/c1-6-14-15(19)16(22(5)21-14)17(23)20-11-12-7-9-13(10-8-12)18(2,3)4;1-8-10-13(5)15(9-2)20-17(19)16-14(11-12(3)4)18(16,6)7/h7-10H,6,11H2,1-5H3,(H,20,23);2,10-11,14-16H,8H2,1,3-7H3/b;13-10+/t;14?,15?,16-/m.0/s1. The molecule has 43 heavy (non-hydrogen) atoms. The molecule has 2 aromatic rings. The Labute approximate surface area is 264 Å². The molecule has 0 radical (unpaired) electrons. The predicted octanol–water partition coefficient (Wildman–Crippen LogP) is 7.99. The van der Waals surface area contributed by atoms with Gasteiger partial charge in [0.05, 0.1) is 16.6 Å². The number of halogens is 1. The van der Waals surface area contributed by atoms with E-state index in [4.69, 9.17) is 22.8 Å². The van der Waals surface area contributed by atoms with E-state index in [0.717, 1.165) is 23.3 Å². The van der Waals surface area contributed by atoms with Gasteiger partial charge >= 0.3 is 5.97 Å². The Kier molecular flexibility index (Phi) is 12.5. The summed E-state index contributed by atoms with van der Waals surface area (Å²) >= 11 is 6.23. The number of hydrogen-bond acceptors (Lipinski definition) is 4. The molecule has 0 saturated heterocycles. The summed E-state index contributed by atoms with van der Waals surface area (Å²) in [4.78, 5) is 24.7. The molecule has 1 aliphatic rings. The maximum Gasteiger partial charge on any atom is 0.311 e. The van der Waals surface area contributed by atoms with Gasteiger partial charge in [-0.25, -0.2) is 0 Å². The Balaban J connectivity index is 0.000000304. The van der Waals surface area contributed by atoms with Crippen molar-refractivity contribution in [3.05, 3.63) is 75.1 Å². The number of ether oxygens (including phenoxy) is 1. The monoisotopic (exact) mass is 607 g/mol. The van der Waals surface area contributed by atoms with Crippen LogP contribution in [0.5, 0.6) is 0 Å². The summed E-state index contributed by atoms with van der Waals surface area (Å²) in [6.07, 6.45) is 10.7. The summed E-state index contributed by atoms with van der Waals surface area (Å²) in [6, 6.07) is 8.30. The molecule has 1 N–H and O–H groups in total. The van der Waals surface area contributed by atoms with Crippen LogP contribution in [0.15, 0.2) is 47.6 Å². The lowest BCUT2D eigenvalue weighted by Crippen LogP contribution is -2.25. The van der Waals surface area contributed by atoms with Gasteiger partial charge in [0, 0.05) is 13.6 Å². The number of aromatic nitrogens is 2. The summed E-state index contributed by atoms with van der Waals surface area (Å²) < 4.78 is 7.05. The van der Waals surface area contributed by atoms with E-state index in [9.17, 15) is 9.59 Å². The first-order valence-corrected chi connectivity index (χ1v) is 15.4. The number of terminal acetylenes is 1. The molecule has 1 amide bonds. The van der Waals surface area contributed by atoms with Gasteiger partial charge in [-0.3, -0.25) is 14.3 Å². The summed E-state index contributed by atoms with van der Waals surface area (Å²) in [7, 11) is 1.73. The Morgan fingerprint density at radius 1 is 1.19 bits per heavy atom. The molecular formula is C36H50ClN3O3. The number of rotatable bonds is 9. The van der Waals surface area contributed by atoms with Gasteiger partial charge < -0.3 is 10.1 Å². The van der Waals surface area contributed by atoms with E-state index in [1.54, 1.807) is 11.7 Å². The molecule has 1 aromatic heterocycles. The first-order chi connectivity index (χ1) is 20.0. The van der Waals surface area contributed by atoms with Crippen molar-refractivity contribution in [3.63, 3.8) is 0 Å². The number of aryl methyl sites for hydroxylation is 2. The van der Waals surface area contributed by atoms with Crippen molar-refractivity contribution in [2.45, 2.75) is 100 Å². The number of esters is 1. The zero-order valence-corrected chi connectivity index (χ0v) is 28.6. The third-order valence-electron chi connectivity index (χ3n) is 7.88. The van der Waals surface area contributed by atoms with Gasteiger partial charge in [-0.2, -0.15) is 5.10 Å². The minimum absolute atomic E-state index is 0.0319. The lowest BCUT2D eigenvalue weighted by atomic mass is 9.87. The largest absolute Gasteiger partial charge is 0.444 e. The molecule has 7 heteroatoms. The van der Waals surface area contributed by atoms with Gasteiger partial charge in [0.25, 0.3) is 5.91 Å². The number of nitrogens with one attached hydrogen (secondary N) is 1. The average molecular weight is 608 g/mol. The summed E-state index contributed by atoms with van der Waals surface area (Å²) in [6.45, 7) is 21.2. The number of allylic oxidation sites excluding steroid dienone is 3. The third-order valence-corrected chi connectivity index (χ3v) is 8.28. The van der Waals surface area contributed by atoms with Crippen LogP contribution in [-0.4, -0.2) is 27.8 Å². The minimum Gasteiger partial charge on any atom is -0.444 e. The number of nitrogens with zero attached hydrogens (tertiary/aromatic N) is 2. The van der Waals surface area contributed by atoms with Crippen LogP contribution >= 0.6 is 11.6 Å². The molecule has 0 bridgehead atoms. The van der Waals surface area contributed by atoms with Gasteiger partial charge in [-0.05, 0) is 67.1 Å². The molecule has 0 spiro atoms. The highest BCUT2D eigenvalue weighted by atomic mass is 35.5. The smallest absolute Gasteiger partial charge is 0.311 e. The van der Waals surface area contributed by atoms with Gasteiger partial charge in [0.15, 0.2) is 6.10 Å². The molecule has 3 rings (SSSR count). The third kappa shape index (κ3) is 9.34. The molecule has 2 unspecified atom stereocenters. The lowest BCUT2D eigenvalue weighted by molar-refractivity contribution is -0.147. The predicted molar refractivity (Wildman–Crippen MR) is 177 cm³/mol. The fourth-order valence-electron chi connectivity index (χ4n) is 5.09. The van der Waals surface area contributed by atoms with Gasteiger partial charge in [0.1, 0.15) is 5.69 Å². The molecule has 1 fully saturated rings. The summed E-state index contributed by atoms with van der Waals surface area (Å²) in [5, 5.41) is 7.62. The SMILES string of the molecule is C#CC(OC(=O)[C@@H]1C(C=C(C)C)C1(C)C)/C(C)=C/CC.CCc1nn(C)c(C(=O)NCc2ccc(C(C)(C)C)cc2)c1Cl. The maximum absolute atomic E-state index is 12.4. The van der Waals surface area contributed by atoms with E-state index in [0.29, 0.717) is 23.7 Å². The second kappa shape index (κ2) is 14.9. The van der Waals surface area contributed by atoms with E-state index < -0.39 is 6.10 Å². The highest BCUT2D eigenvalue weighted by molar-refractivity contribution is 6.34. The van der Waals surface area contributed by atoms with Crippen molar-refractivity contribution in [2.75, 3.05) is 0 Å². The zero-order valence-electron chi connectivity index (χ0n) is 27.9. The average Bonchev–Trinajstić information content (AvgIpc) is 3.32. The van der Waals surface area contributed by atoms with Crippen LogP contribution in [0.4, 0.5) is 0 Å². The topological polar surface area (TPSA) is 73.2 Å². The second-order valence-corrected chi connectivity index (χ2v) is 13.5. The van der Waals surface area contributed by atoms with Crippen molar-refractivity contribution in [1.29, 1.82) is 0 Å². The Morgan fingerprint density at radius 3 is 2.26 bits per heavy atom. The van der Waals surface area contributed by atoms with Crippen LogP contribution in [0.3, 0.4) is 0 Å². The highest BCUT2D eigenvalue weighted by Gasteiger charge is 2.61. The van der Waals surface area contributed by atoms with E-state index >= 15 is 0 Å². The second-order valence-electron chi connectivity index (χ2n) is 13.1. The number of carbonyl (C=O) groups excluding carboxylic acids is 2. The molecule has 1 aromatic carbocycles. The van der Waals surface area contributed by atoms with Crippen LogP contribution < -0.4 is 5.32 Å². The quantitative estimate of drug-likeness (QED) is 0.178. The first kappa shape index (κ1) is 35.9. The molecule has 6 nitrogen and oxygen atoms in total. The van der Waals surface area contributed by atoms with Crippen LogP contribution in [0.2, 0.25) is 5.02 Å². The Hall–Kier alpha value is -3.30. The molecule has 1 heterocycles. The van der Waals surface area contributed by atoms with Crippen molar-refractivity contribution in [2.24, 2.45) is 24.3 Å². The van der Waals surface area contributed by atoms with Gasteiger partial charge in [-0.15, -0.1) is 6.42 Å². The summed E-state index contributed by atoms with van der Waals surface area (Å²) in [5.41, 5.74) is 5.74. The maximum atomic E-state index is 12.4. The molecule has 3 atom stereocenters. The summed E-state index contributed by atoms with van der Waals surface area (Å²) in [5.74, 6) is 2.35. The fourth-order valence-corrected chi connectivity index (χ4v) is 5.47. The van der Waals surface area contributed by atoms with E-state index in [1.807, 2.05) is 39.0 Å². The Morgan fingerprint density at radius 2 is 1.79 bits per heavy atom. The number of carbonyl (C=O) groups is 2. The Bertz CT molecular complexity index is 1380. The van der Waals surface area contributed by atoms with Crippen LogP contribution in [-0.2, 0) is 35.0 Å².